The van der Waals surface area contributed by atoms with E-state index < -0.39 is 71.2 Å². The first-order chi connectivity index (χ1) is 16.2. The van der Waals surface area contributed by atoms with E-state index in [9.17, 15) is 14.4 Å². The summed E-state index contributed by atoms with van der Waals surface area (Å²) in [7, 11) is 0. The Morgan fingerprint density at radius 3 is 2.79 bits per heavy atom. The maximum absolute atomic E-state index is 17.1. The van der Waals surface area contributed by atoms with Crippen LogP contribution in [0.5, 0.6) is 0 Å². The number of halogens is 2. The van der Waals surface area contributed by atoms with Crippen LogP contribution in [0.2, 0.25) is 0 Å². The van der Waals surface area contributed by atoms with E-state index in [1.54, 1.807) is 0 Å². The van der Waals surface area contributed by atoms with Crippen LogP contribution >= 0.6 is 0 Å². The summed E-state index contributed by atoms with van der Waals surface area (Å²) in [5.41, 5.74) is -5.78. The molecular formula is C25H28F2O7. The van der Waals surface area contributed by atoms with Crippen LogP contribution in [0, 0.1) is 17.3 Å². The lowest BCUT2D eigenvalue weighted by atomic mass is 9.44. The van der Waals surface area contributed by atoms with Gasteiger partial charge in [-0.25, -0.2) is 8.78 Å². The summed E-state index contributed by atoms with van der Waals surface area (Å²) in [6.45, 7) is 3.59. The van der Waals surface area contributed by atoms with Crippen molar-refractivity contribution in [3.05, 3.63) is 23.8 Å². The van der Waals surface area contributed by atoms with E-state index >= 15 is 8.78 Å². The molecule has 0 bridgehead atoms. The van der Waals surface area contributed by atoms with Gasteiger partial charge >= 0.3 is 0 Å². The Kier molecular flexibility index (Phi) is 4.66. The molecular weight excluding hydrogens is 450 g/mol. The lowest BCUT2D eigenvalue weighted by Gasteiger charge is -2.71. The van der Waals surface area contributed by atoms with Crippen LogP contribution in [0.3, 0.4) is 0 Å². The van der Waals surface area contributed by atoms with Gasteiger partial charge in [-0.1, -0.05) is 20.3 Å². The highest BCUT2D eigenvalue weighted by atomic mass is 19.1. The molecule has 2 heterocycles. The van der Waals surface area contributed by atoms with Gasteiger partial charge in [-0.2, -0.15) is 0 Å². The fourth-order valence-corrected chi connectivity index (χ4v) is 8.17. The highest BCUT2D eigenvalue weighted by Gasteiger charge is 2.85. The molecule has 10 atom stereocenters. The summed E-state index contributed by atoms with van der Waals surface area (Å²) in [4.78, 5) is 36.3. The third kappa shape index (κ3) is 2.34. The number of alkyl halides is 2. The van der Waals surface area contributed by atoms with Crippen molar-refractivity contribution in [2.75, 3.05) is 6.61 Å². The number of ether oxygens (including phenoxy) is 4. The molecule has 0 N–H and O–H groups in total. The third-order valence-electron chi connectivity index (χ3n) is 9.45. The Hall–Kier alpha value is -1.97. The molecule has 2 saturated heterocycles. The average Bonchev–Trinajstić information content (AvgIpc) is 3.28. The molecule has 8 unspecified atom stereocenters. The number of rotatable bonds is 6. The highest BCUT2D eigenvalue weighted by molar-refractivity contribution is 6.02. The van der Waals surface area contributed by atoms with Crippen LogP contribution in [-0.2, 0) is 33.3 Å². The fraction of sp³-hybridized carbons (Fsp3) is 0.720. The van der Waals surface area contributed by atoms with E-state index in [0.29, 0.717) is 12.8 Å². The molecule has 0 radical (unpaired) electrons. The molecule has 2 aliphatic heterocycles. The molecule has 4 aliphatic carbocycles. The molecule has 184 valence electrons. The number of hydrogen-bond acceptors (Lipinski definition) is 7. The number of carbonyl (C=O) groups excluding carboxylic acids is 3. The quantitative estimate of drug-likeness (QED) is 0.543. The van der Waals surface area contributed by atoms with Gasteiger partial charge in [-0.05, 0) is 49.8 Å². The van der Waals surface area contributed by atoms with Crippen molar-refractivity contribution in [3.8, 4) is 0 Å². The molecule has 6 aliphatic rings. The standard InChI is InChI=1S/C25H28F2O7/c1-3-4-21-32-19-9-14-15-8-17(26)16-7-13(29)5-6-23(16)24(15,27)20(33-23)10-22(14,2)25(19,34-21)18(30)11-31-12-28/h5-7,12,14-15,17,19-21H,3-4,8-11H2,1-2H3/t14?,15?,17-,19?,20?,21?,22?,23?,24-,25?/m0/s1. The fourth-order valence-electron chi connectivity index (χ4n) is 8.17. The maximum Gasteiger partial charge on any atom is 0.293 e. The zero-order chi connectivity index (χ0) is 24.1. The summed E-state index contributed by atoms with van der Waals surface area (Å²) in [6.07, 6.45) is 1.87. The summed E-state index contributed by atoms with van der Waals surface area (Å²) in [5.74, 6) is -1.98. The largest absolute Gasteiger partial charge is 0.460 e. The number of fused-ring (bicyclic) bond motifs is 4. The normalized spacial score (nSPS) is 52.0. The second kappa shape index (κ2) is 7.04. The van der Waals surface area contributed by atoms with Gasteiger partial charge in [0.25, 0.3) is 6.47 Å². The van der Waals surface area contributed by atoms with Crippen LogP contribution in [-0.4, -0.2) is 66.2 Å². The third-order valence-corrected chi connectivity index (χ3v) is 9.45. The van der Waals surface area contributed by atoms with Crippen molar-refractivity contribution in [1.82, 2.24) is 0 Å². The molecule has 0 aromatic heterocycles. The van der Waals surface area contributed by atoms with E-state index in [4.69, 9.17) is 18.9 Å². The van der Waals surface area contributed by atoms with Gasteiger partial charge in [0, 0.05) is 16.9 Å². The number of Topliss-reactive ketones (excluding diaryl/α,β-unsaturated/α-hetero) is 1. The van der Waals surface area contributed by atoms with Crippen LogP contribution in [0.25, 0.3) is 0 Å². The number of allylic oxidation sites excluding steroid dienone is 2. The molecule has 0 aromatic carbocycles. The Morgan fingerprint density at radius 2 is 2.06 bits per heavy atom. The molecule has 9 heteroatoms. The zero-order valence-electron chi connectivity index (χ0n) is 19.1. The van der Waals surface area contributed by atoms with E-state index in [2.05, 4.69) is 0 Å². The molecule has 34 heavy (non-hydrogen) atoms. The lowest BCUT2D eigenvalue weighted by Crippen LogP contribution is -2.82. The molecule has 5 fully saturated rings. The zero-order valence-corrected chi connectivity index (χ0v) is 19.1. The molecule has 1 spiro atoms. The SMILES string of the molecule is CCCC1OC2CC3C4C[C@H](F)C5=CC(=O)C=CC56OC(CC3(C)C2(C(=O)COC=O)O1)[C@@]46F. The van der Waals surface area contributed by atoms with E-state index in [1.165, 1.54) is 18.2 Å². The van der Waals surface area contributed by atoms with Gasteiger partial charge in [0.15, 0.2) is 29.9 Å². The van der Waals surface area contributed by atoms with Crippen molar-refractivity contribution in [2.24, 2.45) is 17.3 Å². The van der Waals surface area contributed by atoms with Crippen molar-refractivity contribution in [3.63, 3.8) is 0 Å². The van der Waals surface area contributed by atoms with Crippen molar-refractivity contribution in [1.29, 1.82) is 0 Å². The molecule has 3 saturated carbocycles. The number of carbonyl (C=O) groups is 3. The Bertz CT molecular complexity index is 1030. The van der Waals surface area contributed by atoms with Gasteiger partial charge < -0.3 is 18.9 Å². The smallest absolute Gasteiger partial charge is 0.293 e. The molecule has 7 nitrogen and oxygen atoms in total. The van der Waals surface area contributed by atoms with Crippen molar-refractivity contribution < 1.29 is 42.1 Å². The summed E-state index contributed by atoms with van der Waals surface area (Å²) in [5, 5.41) is 0. The van der Waals surface area contributed by atoms with Gasteiger partial charge in [-0.3, -0.25) is 14.4 Å². The van der Waals surface area contributed by atoms with Crippen LogP contribution in [0.4, 0.5) is 8.78 Å². The first-order valence-corrected chi connectivity index (χ1v) is 12.1. The first-order valence-electron chi connectivity index (χ1n) is 12.1. The van der Waals surface area contributed by atoms with Gasteiger partial charge in [0.05, 0.1) is 12.2 Å². The van der Waals surface area contributed by atoms with Gasteiger partial charge in [0.1, 0.15) is 11.8 Å². The highest BCUT2D eigenvalue weighted by Crippen LogP contribution is 2.75. The second-order valence-electron chi connectivity index (χ2n) is 10.7. The summed E-state index contributed by atoms with van der Waals surface area (Å²) < 4.78 is 56.0. The van der Waals surface area contributed by atoms with Crippen LogP contribution < -0.4 is 0 Å². The van der Waals surface area contributed by atoms with Crippen molar-refractivity contribution >= 4 is 18.0 Å². The molecule has 0 aromatic rings. The van der Waals surface area contributed by atoms with E-state index in [-0.39, 0.29) is 30.7 Å². The first kappa shape index (κ1) is 22.5. The van der Waals surface area contributed by atoms with Gasteiger partial charge in [-0.15, -0.1) is 0 Å². The molecule has 6 rings (SSSR count). The summed E-state index contributed by atoms with van der Waals surface area (Å²) >= 11 is 0. The Balaban J connectivity index is 1.43. The lowest BCUT2D eigenvalue weighted by molar-refractivity contribution is -0.360. The number of hydrogen-bond donors (Lipinski definition) is 0. The minimum Gasteiger partial charge on any atom is -0.460 e. The minimum absolute atomic E-state index is 0.0532. The average molecular weight is 478 g/mol. The maximum atomic E-state index is 17.1. The summed E-state index contributed by atoms with van der Waals surface area (Å²) in [6, 6.07) is 0. The van der Waals surface area contributed by atoms with E-state index in [0.717, 1.165) is 6.42 Å². The Labute approximate surface area is 195 Å². The minimum atomic E-state index is -1.90. The second-order valence-corrected chi connectivity index (χ2v) is 10.7. The topological polar surface area (TPSA) is 88.1 Å². The van der Waals surface area contributed by atoms with Crippen LogP contribution in [0.15, 0.2) is 23.8 Å². The predicted molar refractivity (Wildman–Crippen MR) is 112 cm³/mol. The number of ketones is 2. The monoisotopic (exact) mass is 478 g/mol. The van der Waals surface area contributed by atoms with Gasteiger partial charge in [0.2, 0.25) is 5.78 Å². The predicted octanol–water partition coefficient (Wildman–Crippen LogP) is 2.71. The van der Waals surface area contributed by atoms with E-state index in [1.807, 2.05) is 13.8 Å². The van der Waals surface area contributed by atoms with Crippen molar-refractivity contribution in [2.45, 2.75) is 87.5 Å². The molecule has 0 amide bonds. The van der Waals surface area contributed by atoms with Crippen LogP contribution in [0.1, 0.15) is 46.0 Å². The Morgan fingerprint density at radius 1 is 1.26 bits per heavy atom.